The van der Waals surface area contributed by atoms with Crippen LogP contribution in [0.4, 0.5) is 16.2 Å². The third-order valence-electron chi connectivity index (χ3n) is 5.31. The van der Waals surface area contributed by atoms with Crippen molar-refractivity contribution >= 4 is 27.4 Å². The van der Waals surface area contributed by atoms with Gasteiger partial charge in [-0.05, 0) is 60.0 Å². The van der Waals surface area contributed by atoms with Crippen molar-refractivity contribution in [3.8, 4) is 0 Å². The number of nitrogens with one attached hydrogen (secondary N) is 3. The van der Waals surface area contributed by atoms with Crippen LogP contribution in [0.15, 0.2) is 77.7 Å². The van der Waals surface area contributed by atoms with Crippen LogP contribution >= 0.6 is 0 Å². The molecule has 32 heavy (non-hydrogen) atoms. The maximum Gasteiger partial charge on any atom is 0.346 e. The van der Waals surface area contributed by atoms with E-state index in [1.165, 1.54) is 24.3 Å². The monoisotopic (exact) mass is 452 g/mol. The fourth-order valence-electron chi connectivity index (χ4n) is 3.53. The first-order chi connectivity index (χ1) is 15.3. The van der Waals surface area contributed by atoms with Crippen LogP contribution in [-0.4, -0.2) is 19.7 Å². The fourth-order valence-corrected chi connectivity index (χ4v) is 4.58. The zero-order valence-corrected chi connectivity index (χ0v) is 18.3. The highest BCUT2D eigenvalue weighted by molar-refractivity contribution is 7.92. The highest BCUT2D eigenvalue weighted by Crippen LogP contribution is 2.24. The Kier molecular flexibility index (Phi) is 6.13. The van der Waals surface area contributed by atoms with Gasteiger partial charge in [0.2, 0.25) is 0 Å². The molecule has 0 fully saturated rings. The van der Waals surface area contributed by atoms with E-state index in [4.69, 9.17) is 0 Å². The third-order valence-corrected chi connectivity index (χ3v) is 6.71. The number of fused-ring (bicyclic) bond motifs is 1. The van der Waals surface area contributed by atoms with E-state index < -0.39 is 16.1 Å². The van der Waals surface area contributed by atoms with Crippen LogP contribution in [0, 0.1) is 0 Å². The lowest BCUT2D eigenvalue weighted by atomic mass is 10.1. The molecule has 0 aromatic heterocycles. The molecule has 0 spiro atoms. The SMILES string of the molecule is CC(NC(=O)N(O)c1ccc(S(=O)(=O)Nc2ccc3c(c2)CNC3)cc1)c1ccccc1. The van der Waals surface area contributed by atoms with Gasteiger partial charge in [-0.3, -0.25) is 9.93 Å². The molecular weight excluding hydrogens is 428 g/mol. The van der Waals surface area contributed by atoms with Gasteiger partial charge in [-0.25, -0.2) is 13.2 Å². The minimum absolute atomic E-state index is 0.0198. The lowest BCUT2D eigenvalue weighted by Crippen LogP contribution is -2.39. The van der Waals surface area contributed by atoms with Crippen molar-refractivity contribution in [3.63, 3.8) is 0 Å². The second-order valence-electron chi connectivity index (χ2n) is 7.58. The van der Waals surface area contributed by atoms with Gasteiger partial charge in [0, 0.05) is 18.8 Å². The van der Waals surface area contributed by atoms with Crippen LogP contribution in [-0.2, 0) is 23.1 Å². The second-order valence-corrected chi connectivity index (χ2v) is 9.26. The molecule has 1 atom stereocenters. The van der Waals surface area contributed by atoms with Gasteiger partial charge < -0.3 is 10.6 Å². The number of hydrogen-bond donors (Lipinski definition) is 4. The summed E-state index contributed by atoms with van der Waals surface area (Å²) in [6.07, 6.45) is 0. The van der Waals surface area contributed by atoms with Crippen molar-refractivity contribution < 1.29 is 18.4 Å². The van der Waals surface area contributed by atoms with Gasteiger partial charge in [0.05, 0.1) is 16.6 Å². The standard InChI is InChI=1S/C23H24N4O4S/c1-16(17-5-3-2-4-6-17)25-23(28)27(29)21-9-11-22(12-10-21)32(30,31)26-20-8-7-18-14-24-15-19(18)13-20/h2-13,16,24,26,29H,14-15H2,1H3,(H,25,28). The largest absolute Gasteiger partial charge is 0.346 e. The van der Waals surface area contributed by atoms with E-state index in [9.17, 15) is 18.4 Å². The molecule has 0 radical (unpaired) electrons. The molecule has 166 valence electrons. The Morgan fingerprint density at radius 2 is 1.69 bits per heavy atom. The lowest BCUT2D eigenvalue weighted by molar-refractivity contribution is 0.202. The Morgan fingerprint density at radius 1 is 1.00 bits per heavy atom. The van der Waals surface area contributed by atoms with E-state index in [1.54, 1.807) is 13.0 Å². The zero-order valence-electron chi connectivity index (χ0n) is 17.4. The van der Waals surface area contributed by atoms with Crippen LogP contribution in [0.2, 0.25) is 0 Å². The number of hydrogen-bond acceptors (Lipinski definition) is 5. The number of sulfonamides is 1. The number of amides is 2. The molecule has 0 saturated heterocycles. The maximum atomic E-state index is 12.7. The molecule has 3 aromatic carbocycles. The number of urea groups is 1. The molecule has 0 bridgehead atoms. The molecule has 9 heteroatoms. The summed E-state index contributed by atoms with van der Waals surface area (Å²) >= 11 is 0. The molecule has 8 nitrogen and oxygen atoms in total. The van der Waals surface area contributed by atoms with Gasteiger partial charge in [0.25, 0.3) is 10.0 Å². The average molecular weight is 453 g/mol. The smallest absolute Gasteiger partial charge is 0.329 e. The Hall–Kier alpha value is -3.40. The number of hydroxylamine groups is 1. The zero-order chi connectivity index (χ0) is 22.7. The second kappa shape index (κ2) is 8.99. The van der Waals surface area contributed by atoms with Crippen LogP contribution < -0.4 is 20.4 Å². The van der Waals surface area contributed by atoms with Crippen LogP contribution in [0.3, 0.4) is 0 Å². The number of carbonyl (C=O) groups is 1. The van der Waals surface area contributed by atoms with Gasteiger partial charge in [-0.15, -0.1) is 0 Å². The minimum Gasteiger partial charge on any atom is -0.329 e. The normalized spacial score (nSPS) is 13.8. The quantitative estimate of drug-likeness (QED) is 0.336. The predicted octanol–water partition coefficient (Wildman–Crippen LogP) is 3.76. The topological polar surface area (TPSA) is 111 Å². The Labute approximate surface area is 186 Å². The van der Waals surface area contributed by atoms with Crippen molar-refractivity contribution in [3.05, 3.63) is 89.5 Å². The van der Waals surface area contributed by atoms with Crippen molar-refractivity contribution in [1.82, 2.24) is 10.6 Å². The number of nitrogens with zero attached hydrogens (tertiary/aromatic N) is 1. The minimum atomic E-state index is -3.82. The summed E-state index contributed by atoms with van der Waals surface area (Å²) in [6, 6.07) is 19.2. The van der Waals surface area contributed by atoms with Crippen molar-refractivity contribution in [2.24, 2.45) is 0 Å². The lowest BCUT2D eigenvalue weighted by Gasteiger charge is -2.20. The molecule has 1 heterocycles. The molecule has 4 rings (SSSR count). The molecule has 1 unspecified atom stereocenters. The van der Waals surface area contributed by atoms with Crippen molar-refractivity contribution in [2.45, 2.75) is 31.0 Å². The molecule has 3 aromatic rings. The molecule has 0 aliphatic carbocycles. The van der Waals surface area contributed by atoms with Crippen LogP contribution in [0.5, 0.6) is 0 Å². The summed E-state index contributed by atoms with van der Waals surface area (Å²) in [7, 11) is -3.82. The molecule has 0 saturated carbocycles. The summed E-state index contributed by atoms with van der Waals surface area (Å²) in [5, 5.41) is 16.6. The summed E-state index contributed by atoms with van der Waals surface area (Å²) in [6.45, 7) is 3.29. The first-order valence-corrected chi connectivity index (χ1v) is 11.6. The van der Waals surface area contributed by atoms with Gasteiger partial charge in [0.1, 0.15) is 0 Å². The first-order valence-electron chi connectivity index (χ1n) is 10.1. The average Bonchev–Trinajstić information content (AvgIpc) is 3.27. The summed E-state index contributed by atoms with van der Waals surface area (Å²) in [5.41, 5.74) is 3.73. The van der Waals surface area contributed by atoms with E-state index in [2.05, 4.69) is 15.4 Å². The van der Waals surface area contributed by atoms with Gasteiger partial charge in [-0.2, -0.15) is 5.06 Å². The van der Waals surface area contributed by atoms with Gasteiger partial charge in [-0.1, -0.05) is 36.4 Å². The molecule has 1 aliphatic heterocycles. The fraction of sp³-hybridized carbons (Fsp3) is 0.174. The van der Waals surface area contributed by atoms with Gasteiger partial charge >= 0.3 is 6.03 Å². The van der Waals surface area contributed by atoms with E-state index in [0.717, 1.165) is 23.2 Å². The van der Waals surface area contributed by atoms with Gasteiger partial charge in [0.15, 0.2) is 0 Å². The van der Waals surface area contributed by atoms with E-state index in [-0.39, 0.29) is 16.6 Å². The predicted molar refractivity (Wildman–Crippen MR) is 122 cm³/mol. The number of rotatable bonds is 6. The Bertz CT molecular complexity index is 1210. The van der Waals surface area contributed by atoms with E-state index in [0.29, 0.717) is 17.3 Å². The summed E-state index contributed by atoms with van der Waals surface area (Å²) in [4.78, 5) is 12.4. The molecule has 4 N–H and O–H groups in total. The Balaban J connectivity index is 1.43. The summed E-state index contributed by atoms with van der Waals surface area (Å²) < 4.78 is 28.0. The highest BCUT2D eigenvalue weighted by Gasteiger charge is 2.20. The van der Waals surface area contributed by atoms with Crippen LogP contribution in [0.1, 0.15) is 29.7 Å². The number of carbonyl (C=O) groups excluding carboxylic acids is 1. The summed E-state index contributed by atoms with van der Waals surface area (Å²) in [5.74, 6) is 0. The molecular formula is C23H24N4O4S. The van der Waals surface area contributed by atoms with E-state index >= 15 is 0 Å². The van der Waals surface area contributed by atoms with Crippen molar-refractivity contribution in [1.29, 1.82) is 0 Å². The van der Waals surface area contributed by atoms with E-state index in [1.807, 2.05) is 42.5 Å². The van der Waals surface area contributed by atoms with Crippen molar-refractivity contribution in [2.75, 3.05) is 9.79 Å². The highest BCUT2D eigenvalue weighted by atomic mass is 32.2. The molecule has 2 amide bonds. The third kappa shape index (κ3) is 4.75. The first kappa shape index (κ1) is 21.8. The number of benzene rings is 3. The number of anilines is 2. The molecule has 1 aliphatic rings. The maximum absolute atomic E-state index is 12.7. The Morgan fingerprint density at radius 3 is 2.41 bits per heavy atom. The van der Waals surface area contributed by atoms with Crippen LogP contribution in [0.25, 0.3) is 0 Å².